The largest absolute Gasteiger partial charge is 0.507 e. The molecule has 0 saturated carbocycles. The van der Waals surface area contributed by atoms with E-state index in [1.54, 1.807) is 117 Å². The minimum Gasteiger partial charge on any atom is -0.507 e. The van der Waals surface area contributed by atoms with Crippen LogP contribution in [-0.2, 0) is 0 Å². The number of aromatic nitrogens is 14. The van der Waals surface area contributed by atoms with Crippen LogP contribution in [0.25, 0.3) is 0 Å². The Morgan fingerprint density at radius 3 is 0.836 bits per heavy atom. The van der Waals surface area contributed by atoms with Crippen molar-refractivity contribution >= 4 is 144 Å². The van der Waals surface area contributed by atoms with Crippen LogP contribution in [0.4, 0.5) is 5.69 Å². The number of likely N-dealkylation sites (N-methyl/N-ethyl adjacent to an activating group) is 6. The van der Waals surface area contributed by atoms with Crippen LogP contribution in [0.15, 0.2) is 299 Å². The molecule has 46 heteroatoms. The van der Waals surface area contributed by atoms with Crippen molar-refractivity contribution in [3.63, 3.8) is 0 Å². The Hall–Kier alpha value is -14.8. The summed E-state index contributed by atoms with van der Waals surface area (Å²) in [5.41, 5.74) is 36.9. The zero-order chi connectivity index (χ0) is 102. The molecule has 6 saturated heterocycles. The van der Waals surface area contributed by atoms with E-state index in [1.807, 2.05) is 146 Å². The van der Waals surface area contributed by atoms with Crippen molar-refractivity contribution in [1.82, 2.24) is 162 Å². The minimum absolute atomic E-state index is 0.124. The van der Waals surface area contributed by atoms with Gasteiger partial charge in [-0.15, -0.1) is 10.2 Å². The number of nitrogens with one attached hydrogen (secondary N) is 6. The van der Waals surface area contributed by atoms with E-state index in [-0.39, 0.29) is 5.75 Å². The molecule has 146 heavy (non-hydrogen) atoms. The van der Waals surface area contributed by atoms with E-state index < -0.39 is 0 Å². The highest BCUT2D eigenvalue weighted by atomic mass is 32.1. The predicted octanol–water partition coefficient (Wildman–Crippen LogP) is 6.18. The van der Waals surface area contributed by atoms with E-state index in [4.69, 9.17) is 79.0 Å². The molecule has 0 spiro atoms. The monoisotopic (exact) mass is 2070 g/mol. The Kier molecular flexibility index (Phi) is 43.2. The summed E-state index contributed by atoms with van der Waals surface area (Å²) < 4.78 is 0. The first-order valence-electron chi connectivity index (χ1n) is 47.3. The highest BCUT2D eigenvalue weighted by molar-refractivity contribution is 7.81. The number of rotatable bonds is 18. The normalized spacial score (nSPS) is 15.8. The number of thiocarbonyl (C=S) groups is 6. The van der Waals surface area contributed by atoms with Gasteiger partial charge in [0.25, 0.3) is 0 Å². The number of hydrazone groups is 6. The van der Waals surface area contributed by atoms with Gasteiger partial charge in [-0.1, -0.05) is 84.9 Å². The lowest BCUT2D eigenvalue weighted by Gasteiger charge is -2.33. The van der Waals surface area contributed by atoms with Gasteiger partial charge < -0.3 is 69.6 Å². The first-order chi connectivity index (χ1) is 71.2. The number of hydrogen-bond acceptors (Lipinski definition) is 34. The molecular weight excluding hydrogens is 1960 g/mol. The van der Waals surface area contributed by atoms with Crippen molar-refractivity contribution in [2.45, 2.75) is 0 Å². The summed E-state index contributed by atoms with van der Waals surface area (Å²) in [6.45, 7) is 22.5. The third-order valence-electron chi connectivity index (χ3n) is 23.4. The van der Waals surface area contributed by atoms with Crippen LogP contribution in [0.3, 0.4) is 0 Å². The average Bonchev–Trinajstić information content (AvgIpc) is 0.831. The molecule has 0 atom stereocenters. The Labute approximate surface area is 882 Å². The molecule has 6 fully saturated rings. The van der Waals surface area contributed by atoms with Crippen molar-refractivity contribution in [1.29, 1.82) is 0 Å². The molecule has 15 heterocycles. The van der Waals surface area contributed by atoms with Crippen LogP contribution in [0, 0.1) is 0 Å². The second-order valence-corrected chi connectivity index (χ2v) is 36.2. The summed E-state index contributed by atoms with van der Waals surface area (Å²) in [5, 5.41) is 56.8. The van der Waals surface area contributed by atoms with E-state index in [2.05, 4.69) is 234 Å². The Balaban J connectivity index is 0.000000147. The fraction of sp³-hybridized carbons (Fsp3) is 0.300. The number of piperazine rings is 6. The maximum Gasteiger partial charge on any atom is 0.189 e. The quantitative estimate of drug-likeness (QED) is 0.0206. The molecule has 40 nitrogen and oxygen atoms in total. The first-order valence-corrected chi connectivity index (χ1v) is 49.8. The van der Waals surface area contributed by atoms with E-state index >= 15 is 0 Å². The lowest BCUT2D eigenvalue weighted by atomic mass is 10.1. The highest BCUT2D eigenvalue weighted by Gasteiger charge is 2.26. The zero-order valence-electron chi connectivity index (χ0n) is 82.2. The molecule has 3 aromatic carbocycles. The van der Waals surface area contributed by atoms with E-state index in [0.29, 0.717) is 105 Å². The molecule has 756 valence electrons. The van der Waals surface area contributed by atoms with Crippen LogP contribution >= 0.6 is 73.3 Å². The van der Waals surface area contributed by atoms with Crippen molar-refractivity contribution in [2.75, 3.05) is 205 Å². The van der Waals surface area contributed by atoms with Crippen LogP contribution in [0.5, 0.6) is 5.75 Å². The van der Waals surface area contributed by atoms with Gasteiger partial charge in [-0.2, -0.15) is 40.8 Å². The summed E-state index contributed by atoms with van der Waals surface area (Å²) in [6.07, 6.45) is 23.2. The molecule has 0 aliphatic carbocycles. The summed E-state index contributed by atoms with van der Waals surface area (Å²) in [7, 11) is 12.7. The number of aromatic hydroxyl groups is 1. The summed E-state index contributed by atoms with van der Waals surface area (Å²) >= 11 is 32.8. The Morgan fingerprint density at radius 2 is 0.534 bits per heavy atom. The molecule has 6 aliphatic rings. The van der Waals surface area contributed by atoms with Gasteiger partial charge in [0.1, 0.15) is 69.1 Å². The molecule has 0 unspecified atom stereocenters. The van der Waals surface area contributed by atoms with E-state index in [1.165, 1.54) is 6.33 Å². The van der Waals surface area contributed by atoms with Crippen LogP contribution in [0.1, 0.15) is 67.9 Å². The number of para-hydroxylation sites is 2. The van der Waals surface area contributed by atoms with Gasteiger partial charge in [0.05, 0.1) is 40.9 Å². The first kappa shape index (κ1) is 108. The topological polar surface area (TPSA) is 412 Å². The van der Waals surface area contributed by atoms with E-state index in [0.717, 1.165) is 191 Å². The maximum atomic E-state index is 10.2. The average molecular weight is 2080 g/mol. The highest BCUT2D eigenvalue weighted by Crippen LogP contribution is 2.22. The second-order valence-electron chi connectivity index (χ2n) is 33.8. The Morgan fingerprint density at radius 1 is 0.253 bits per heavy atom. The van der Waals surface area contributed by atoms with Gasteiger partial charge in [-0.3, -0.25) is 72.4 Å². The van der Waals surface area contributed by atoms with Crippen molar-refractivity contribution in [3.05, 3.63) is 337 Å². The minimum atomic E-state index is 0.124. The third kappa shape index (κ3) is 34.2. The van der Waals surface area contributed by atoms with Crippen molar-refractivity contribution in [2.24, 2.45) is 30.6 Å². The number of phenols is 1. The molecule has 0 amide bonds. The number of benzene rings is 3. The number of nitrogen functional groups attached to an aromatic ring is 1. The van der Waals surface area contributed by atoms with Gasteiger partial charge in [-0.05, 0) is 213 Å². The fourth-order valence-electron chi connectivity index (χ4n) is 14.7. The van der Waals surface area contributed by atoms with Gasteiger partial charge in [0, 0.05) is 248 Å². The molecule has 9 aromatic heterocycles. The van der Waals surface area contributed by atoms with Crippen molar-refractivity contribution in [3.8, 4) is 5.75 Å². The molecule has 6 aliphatic heterocycles. The van der Waals surface area contributed by atoms with Gasteiger partial charge in [0.15, 0.2) is 30.7 Å². The fourth-order valence-corrected chi connectivity index (χ4v) is 16.1. The summed E-state index contributed by atoms with van der Waals surface area (Å²) in [6, 6.07) is 56.2. The molecule has 18 rings (SSSR count). The van der Waals surface area contributed by atoms with Gasteiger partial charge in [0.2, 0.25) is 0 Å². The molecule has 12 aromatic rings. The predicted molar refractivity (Wildman–Crippen MR) is 595 cm³/mol. The summed E-state index contributed by atoms with van der Waals surface area (Å²) in [4.78, 5) is 69.0. The number of pyridine rings is 4. The van der Waals surface area contributed by atoms with E-state index in [9.17, 15) is 5.11 Å². The van der Waals surface area contributed by atoms with Crippen LogP contribution < -0.4 is 38.3 Å². The van der Waals surface area contributed by atoms with Gasteiger partial charge >= 0.3 is 0 Å². The number of nitrogens with two attached hydrogens (primary N) is 1. The maximum absolute atomic E-state index is 10.2. The second kappa shape index (κ2) is 58.2. The van der Waals surface area contributed by atoms with Crippen LogP contribution in [0.2, 0.25) is 0 Å². The van der Waals surface area contributed by atoms with Crippen LogP contribution in [-0.4, -0.2) is 398 Å². The molecule has 0 bridgehead atoms. The lowest BCUT2D eigenvalue weighted by molar-refractivity contribution is 0.214. The number of nitrogens with zero attached hydrogens (tertiary/aromatic N) is 32. The lowest BCUT2D eigenvalue weighted by Crippen LogP contribution is -2.49. The Bertz CT molecular complexity index is 5470. The SMILES string of the molecule is CN1CCN(C(=S)N/N=C(/c2ccccc2)c2cnccn2)CC1.CN1CCN(C(=S)N/N=C(/c2ccccn2)c2ccncn2)CC1.CN1CCN(C(=S)N/N=C(/c2ccccn2)c2cnccn2)CC1.CN1CCN(C(=S)N/N=C(\c2cccnn2)c2ccccc2N)CC1.CN1CCN(C(=S)N/N=C(\c2cccnn2)c2ccccc2O)CC1.CN1CCN(C(=S)NN=C(c2ccccn2)c2ccccn2)CC1. The smallest absolute Gasteiger partial charge is 0.189 e. The summed E-state index contributed by atoms with van der Waals surface area (Å²) in [5.74, 6) is 0.124. The van der Waals surface area contributed by atoms with Gasteiger partial charge in [-0.25, -0.2) is 9.97 Å². The molecule has 9 N–H and O–H groups in total. The zero-order valence-corrected chi connectivity index (χ0v) is 87.1. The molecule has 0 radical (unpaired) electrons. The number of hydrogen-bond donors (Lipinski definition) is 8. The molecular formula is C100H119N39OS6. The van der Waals surface area contributed by atoms with Crippen molar-refractivity contribution < 1.29 is 5.11 Å². The number of anilines is 1. The number of phenolic OH excluding ortho intramolecular Hbond substituents is 1. The third-order valence-corrected chi connectivity index (χ3v) is 25.5. The standard InChI is InChI=1S/C17H21N7S.C17H20N6OS.2C17H20N6S.2C16H19N7S/c1-23-9-11-24(12-10-23)17(25)22-21-16(15-7-4-8-19-20-15)13-5-2-3-6-14(13)18;1-22-9-11-23(12-10-22)17(25)21-20-16(14-6-4-8-18-19-14)13-5-2-3-7-15(13)24;1-22-10-12-23(13-11-22)17(24)21-20-16(14-6-2-4-8-18-14)15-7-3-5-9-19-15;1-22-9-11-23(12-10-22)17(24)21-20-16(14-5-3-2-4-6-14)15-13-18-7-8-19-15;1-22-8-10-23(11-9-22)16(24)21-20-15(13-4-2-3-6-18-13)14-5-7-17-12-19-14;1-22-8-10-23(11-9-22)16(24)21-20-15(13-4-2-3-5-18-13)14-12-17-6-7-19-14/h2-8H,9-12,18H2,1H3,(H,22,25);2-8,24H,9-12H2,1H3,(H,21,25);2-9H,10-13H2,1H3,(H,21,24);2-8,13H,9-12H2,1H3,(H,21,24);2*2-7,12H,8-11H2,1H3,(H,21,24)/b21-16-;20-16-;;20-16-;2*20-15-.